The molecule has 0 radical (unpaired) electrons. The number of fused-ring (bicyclic) bond motifs is 1. The number of aryl methyl sites for hydroxylation is 2. The van der Waals surface area contributed by atoms with Gasteiger partial charge < -0.3 is 10.5 Å². The lowest BCUT2D eigenvalue weighted by Crippen LogP contribution is -2.28. The van der Waals surface area contributed by atoms with E-state index in [2.05, 4.69) is 9.97 Å². The molecule has 7 nitrogen and oxygen atoms in total. The molecule has 1 aliphatic rings. The van der Waals surface area contributed by atoms with Crippen LogP contribution in [0, 0.1) is 6.92 Å². The van der Waals surface area contributed by atoms with Crippen molar-refractivity contribution < 1.29 is 14.3 Å². The minimum Gasteiger partial charge on any atom is -0.465 e. The highest BCUT2D eigenvalue weighted by molar-refractivity contribution is 6.01. The van der Waals surface area contributed by atoms with E-state index in [1.807, 2.05) is 12.1 Å². The Bertz CT molecular complexity index is 849. The van der Waals surface area contributed by atoms with Crippen LogP contribution in [-0.2, 0) is 22.4 Å². The third-order valence-corrected chi connectivity index (χ3v) is 4.74. The molecule has 0 bridgehead atoms. The summed E-state index contributed by atoms with van der Waals surface area (Å²) >= 11 is 0. The van der Waals surface area contributed by atoms with Crippen molar-refractivity contribution >= 4 is 23.5 Å². The average molecular weight is 368 g/mol. The number of rotatable bonds is 7. The van der Waals surface area contributed by atoms with Gasteiger partial charge in [-0.25, -0.2) is 14.8 Å². The summed E-state index contributed by atoms with van der Waals surface area (Å²) in [4.78, 5) is 34.0. The fourth-order valence-corrected chi connectivity index (χ4v) is 3.29. The van der Waals surface area contributed by atoms with E-state index in [9.17, 15) is 9.59 Å². The van der Waals surface area contributed by atoms with Gasteiger partial charge in [-0.05, 0) is 43.9 Å². The third kappa shape index (κ3) is 4.24. The summed E-state index contributed by atoms with van der Waals surface area (Å²) < 4.78 is 4.70. The Morgan fingerprint density at radius 2 is 1.93 bits per heavy atom. The van der Waals surface area contributed by atoms with Gasteiger partial charge in [-0.15, -0.1) is 0 Å². The molecule has 1 aromatic heterocycles. The summed E-state index contributed by atoms with van der Waals surface area (Å²) in [6.45, 7) is 2.42. The first-order valence-electron chi connectivity index (χ1n) is 9.10. The predicted octanol–water partition coefficient (Wildman–Crippen LogP) is 2.46. The monoisotopic (exact) mass is 368 g/mol. The number of carbonyl (C=O) groups excluding carboxylic acids is 2. The Hall–Kier alpha value is -2.96. The molecule has 2 N–H and O–H groups in total. The number of carbonyl (C=O) groups is 2. The molecular weight excluding hydrogens is 344 g/mol. The molecule has 0 aliphatic carbocycles. The number of nitrogens with two attached hydrogens (primary N) is 1. The number of nitrogens with zero attached hydrogens (tertiary/aromatic N) is 3. The summed E-state index contributed by atoms with van der Waals surface area (Å²) in [5.41, 5.74) is 8.40. The van der Waals surface area contributed by atoms with E-state index in [-0.39, 0.29) is 18.3 Å². The maximum atomic E-state index is 12.3. The lowest BCUT2D eigenvalue weighted by atomic mass is 10.1. The number of anilines is 2. The Labute approximate surface area is 158 Å². The lowest BCUT2D eigenvalue weighted by molar-refractivity contribution is -0.117. The van der Waals surface area contributed by atoms with Crippen molar-refractivity contribution in [2.24, 2.45) is 0 Å². The highest BCUT2D eigenvalue weighted by atomic mass is 16.5. The number of hydrogen-bond acceptors (Lipinski definition) is 6. The summed E-state index contributed by atoms with van der Waals surface area (Å²) in [6.07, 6.45) is 4.12. The molecule has 0 spiro atoms. The van der Waals surface area contributed by atoms with Crippen molar-refractivity contribution in [2.45, 2.75) is 39.0 Å². The molecule has 0 unspecified atom stereocenters. The number of nitrogen functional groups attached to an aromatic ring is 1. The molecule has 1 amide bonds. The molecule has 0 fully saturated rings. The van der Waals surface area contributed by atoms with Gasteiger partial charge in [0.25, 0.3) is 0 Å². The number of benzene rings is 1. The number of unbranched alkanes of at least 4 members (excludes halogenated alkanes) is 2. The van der Waals surface area contributed by atoms with Gasteiger partial charge in [-0.3, -0.25) is 9.69 Å². The molecule has 142 valence electrons. The van der Waals surface area contributed by atoms with Crippen molar-refractivity contribution in [1.29, 1.82) is 0 Å². The molecule has 1 aliphatic heterocycles. The first kappa shape index (κ1) is 18.8. The second-order valence-corrected chi connectivity index (χ2v) is 6.68. The van der Waals surface area contributed by atoms with Crippen LogP contribution in [0.5, 0.6) is 0 Å². The van der Waals surface area contributed by atoms with Crippen LogP contribution < -0.4 is 10.6 Å². The van der Waals surface area contributed by atoms with Crippen molar-refractivity contribution in [3.8, 4) is 0 Å². The maximum Gasteiger partial charge on any atom is 0.337 e. The Kier molecular flexibility index (Phi) is 5.69. The van der Waals surface area contributed by atoms with Crippen LogP contribution in [0.3, 0.4) is 0 Å². The number of amides is 1. The van der Waals surface area contributed by atoms with Crippen molar-refractivity contribution in [3.05, 3.63) is 46.8 Å². The molecule has 2 aromatic rings. The summed E-state index contributed by atoms with van der Waals surface area (Å²) in [5.74, 6) is 1.38. The van der Waals surface area contributed by atoms with Crippen molar-refractivity contribution in [2.75, 3.05) is 24.3 Å². The lowest BCUT2D eigenvalue weighted by Gasteiger charge is -2.16. The molecule has 7 heteroatoms. The SMILES string of the molecule is COC(=O)c1ccc(CCCCCN2C(=O)Cc3c(N)nc(C)nc32)cc1. The molecule has 0 saturated carbocycles. The topological polar surface area (TPSA) is 98.4 Å². The summed E-state index contributed by atoms with van der Waals surface area (Å²) in [6, 6.07) is 7.48. The predicted molar refractivity (Wildman–Crippen MR) is 103 cm³/mol. The Morgan fingerprint density at radius 1 is 1.19 bits per heavy atom. The summed E-state index contributed by atoms with van der Waals surface area (Å²) in [7, 11) is 1.38. The zero-order chi connectivity index (χ0) is 19.4. The van der Waals surface area contributed by atoms with Gasteiger partial charge in [0.2, 0.25) is 5.91 Å². The van der Waals surface area contributed by atoms with Crippen LogP contribution in [0.15, 0.2) is 24.3 Å². The smallest absolute Gasteiger partial charge is 0.337 e. The van der Waals surface area contributed by atoms with E-state index in [1.165, 1.54) is 12.7 Å². The van der Waals surface area contributed by atoms with Crippen molar-refractivity contribution in [3.63, 3.8) is 0 Å². The van der Waals surface area contributed by atoms with Gasteiger partial charge in [0.05, 0.1) is 19.1 Å². The van der Waals surface area contributed by atoms with Gasteiger partial charge in [0.15, 0.2) is 0 Å². The van der Waals surface area contributed by atoms with Crippen LogP contribution in [0.2, 0.25) is 0 Å². The Balaban J connectivity index is 1.47. The highest BCUT2D eigenvalue weighted by Crippen LogP contribution is 2.30. The van der Waals surface area contributed by atoms with E-state index in [1.54, 1.807) is 24.0 Å². The molecule has 1 aromatic carbocycles. The van der Waals surface area contributed by atoms with Crippen LogP contribution in [0.25, 0.3) is 0 Å². The zero-order valence-electron chi connectivity index (χ0n) is 15.7. The molecule has 27 heavy (non-hydrogen) atoms. The maximum absolute atomic E-state index is 12.3. The second-order valence-electron chi connectivity index (χ2n) is 6.68. The van der Waals surface area contributed by atoms with Gasteiger partial charge in [-0.1, -0.05) is 18.6 Å². The normalized spacial score (nSPS) is 13.0. The van der Waals surface area contributed by atoms with Gasteiger partial charge >= 0.3 is 5.97 Å². The number of esters is 1. The van der Waals surface area contributed by atoms with Gasteiger partial charge in [-0.2, -0.15) is 0 Å². The zero-order valence-corrected chi connectivity index (χ0v) is 15.7. The van der Waals surface area contributed by atoms with E-state index in [4.69, 9.17) is 10.5 Å². The molecular formula is C20H24N4O3. The molecule has 0 atom stereocenters. The van der Waals surface area contributed by atoms with E-state index in [0.29, 0.717) is 29.6 Å². The molecule has 0 saturated heterocycles. The number of methoxy groups -OCH3 is 1. The first-order valence-corrected chi connectivity index (χ1v) is 9.10. The van der Waals surface area contributed by atoms with E-state index < -0.39 is 0 Å². The van der Waals surface area contributed by atoms with Gasteiger partial charge in [0.1, 0.15) is 17.5 Å². The minimum atomic E-state index is -0.322. The van der Waals surface area contributed by atoms with Crippen molar-refractivity contribution in [1.82, 2.24) is 9.97 Å². The van der Waals surface area contributed by atoms with Crippen LogP contribution in [-0.4, -0.2) is 35.5 Å². The Morgan fingerprint density at radius 3 is 2.63 bits per heavy atom. The number of ether oxygens (including phenoxy) is 1. The third-order valence-electron chi connectivity index (χ3n) is 4.74. The quantitative estimate of drug-likeness (QED) is 0.595. The highest BCUT2D eigenvalue weighted by Gasteiger charge is 2.30. The number of hydrogen-bond donors (Lipinski definition) is 1. The van der Waals surface area contributed by atoms with Crippen LogP contribution >= 0.6 is 0 Å². The fourth-order valence-electron chi connectivity index (χ4n) is 3.29. The van der Waals surface area contributed by atoms with Gasteiger partial charge in [0, 0.05) is 12.1 Å². The molecule has 2 heterocycles. The molecule has 3 rings (SSSR count). The first-order chi connectivity index (χ1) is 13.0. The number of aromatic nitrogens is 2. The largest absolute Gasteiger partial charge is 0.465 e. The summed E-state index contributed by atoms with van der Waals surface area (Å²) in [5, 5.41) is 0. The average Bonchev–Trinajstić information content (AvgIpc) is 2.97. The minimum absolute atomic E-state index is 0.0370. The fraction of sp³-hybridized carbons (Fsp3) is 0.400. The standard InChI is InChI=1S/C20H24N4O3/c1-13-22-18(21)16-12-17(25)24(19(16)23-13)11-5-3-4-6-14-7-9-15(10-8-14)20(26)27-2/h7-10H,3-6,11-12H2,1-2H3,(H2,21,22,23). The van der Waals surface area contributed by atoms with Crippen LogP contribution in [0.4, 0.5) is 11.6 Å². The van der Waals surface area contributed by atoms with E-state index in [0.717, 1.165) is 31.2 Å². The van der Waals surface area contributed by atoms with E-state index >= 15 is 0 Å². The van der Waals surface area contributed by atoms with Crippen LogP contribution in [0.1, 0.15) is 46.6 Å². The second kappa shape index (κ2) is 8.16.